The number of aliphatic carboxylic acids is 1. The molecule has 0 heterocycles. The fraction of sp³-hybridized carbons (Fsp3) is 0.273. The maximum absolute atomic E-state index is 11.2. The molecule has 0 saturated heterocycles. The van der Waals surface area contributed by atoms with Gasteiger partial charge in [-0.05, 0) is 5.56 Å². The molecule has 5 N–H and O–H groups in total. The van der Waals surface area contributed by atoms with E-state index in [2.05, 4.69) is 0 Å². The van der Waals surface area contributed by atoms with Crippen LogP contribution in [0.4, 0.5) is 0 Å². The van der Waals surface area contributed by atoms with E-state index in [0.717, 1.165) is 0 Å². The first-order valence-electron chi connectivity index (χ1n) is 4.89. The van der Waals surface area contributed by atoms with Gasteiger partial charge in [-0.15, -0.1) is 0 Å². The van der Waals surface area contributed by atoms with Crippen molar-refractivity contribution >= 4 is 11.8 Å². The van der Waals surface area contributed by atoms with Gasteiger partial charge in [0.2, 0.25) is 0 Å². The Labute approximate surface area is 97.3 Å². The van der Waals surface area contributed by atoms with E-state index in [0.29, 0.717) is 5.56 Å². The summed E-state index contributed by atoms with van der Waals surface area (Å²) in [6.07, 6.45) is -3.43. The number of ketones is 1. The van der Waals surface area contributed by atoms with Crippen LogP contribution in [-0.4, -0.2) is 39.7 Å². The molecule has 2 unspecified atom stereocenters. The number of nitrogens with two attached hydrogens (primary N) is 1. The quantitative estimate of drug-likeness (QED) is 0.504. The Balaban J connectivity index is 2.87. The molecular weight excluding hydrogens is 226 g/mol. The van der Waals surface area contributed by atoms with Gasteiger partial charge in [0, 0.05) is 5.56 Å². The van der Waals surface area contributed by atoms with E-state index in [1.54, 1.807) is 0 Å². The second-order valence-corrected chi connectivity index (χ2v) is 3.48. The van der Waals surface area contributed by atoms with Crippen molar-refractivity contribution in [2.24, 2.45) is 5.73 Å². The average molecular weight is 239 g/mol. The molecule has 1 aromatic rings. The Morgan fingerprint density at radius 1 is 1.18 bits per heavy atom. The monoisotopic (exact) mass is 239 g/mol. The minimum Gasteiger partial charge on any atom is -0.479 e. The van der Waals surface area contributed by atoms with Gasteiger partial charge in [0.15, 0.2) is 11.9 Å². The number of carbonyl (C=O) groups is 2. The highest BCUT2D eigenvalue weighted by atomic mass is 16.4. The molecule has 6 nitrogen and oxygen atoms in total. The molecule has 0 aromatic heterocycles. The van der Waals surface area contributed by atoms with Crippen LogP contribution in [0.3, 0.4) is 0 Å². The molecule has 6 heteroatoms. The third-order valence-corrected chi connectivity index (χ3v) is 2.31. The Hall–Kier alpha value is -1.76. The number of aliphatic hydroxyl groups is 2. The molecule has 0 fully saturated rings. The highest BCUT2D eigenvalue weighted by Crippen LogP contribution is 2.17. The summed E-state index contributed by atoms with van der Waals surface area (Å²) in [6.45, 7) is -0.125. The average Bonchev–Trinajstić information content (AvgIpc) is 2.36. The Morgan fingerprint density at radius 3 is 2.12 bits per heavy atom. The number of Topliss-reactive ketones (excluding diaryl/α,β-unsaturated/α-hetero) is 1. The van der Waals surface area contributed by atoms with Crippen molar-refractivity contribution in [3.05, 3.63) is 35.4 Å². The van der Waals surface area contributed by atoms with Gasteiger partial charge in [-0.3, -0.25) is 4.79 Å². The first-order chi connectivity index (χ1) is 7.97. The molecule has 1 rings (SSSR count). The molecule has 2 atom stereocenters. The number of hydrogen-bond acceptors (Lipinski definition) is 5. The van der Waals surface area contributed by atoms with E-state index in [1.807, 2.05) is 0 Å². The molecule has 0 aliphatic heterocycles. The lowest BCUT2D eigenvalue weighted by Crippen LogP contribution is -2.27. The van der Waals surface area contributed by atoms with Gasteiger partial charge < -0.3 is 21.1 Å². The number of carboxylic acids is 1. The van der Waals surface area contributed by atoms with Crippen molar-refractivity contribution < 1.29 is 24.9 Å². The number of hydrogen-bond donors (Lipinski definition) is 4. The van der Waals surface area contributed by atoms with E-state index in [1.165, 1.54) is 24.3 Å². The maximum atomic E-state index is 11.2. The highest BCUT2D eigenvalue weighted by Gasteiger charge is 2.24. The first-order valence-corrected chi connectivity index (χ1v) is 4.89. The molecule has 92 valence electrons. The predicted octanol–water partition coefficient (Wildman–Crippen LogP) is -0.693. The maximum Gasteiger partial charge on any atom is 0.335 e. The molecule has 0 aliphatic rings. The lowest BCUT2D eigenvalue weighted by molar-refractivity contribution is -0.153. The van der Waals surface area contributed by atoms with Gasteiger partial charge in [-0.25, -0.2) is 4.79 Å². The molecule has 0 bridgehead atoms. The van der Waals surface area contributed by atoms with Crippen LogP contribution >= 0.6 is 0 Å². The van der Waals surface area contributed by atoms with Gasteiger partial charge in [-0.2, -0.15) is 0 Å². The normalized spacial score (nSPS) is 14.1. The summed E-state index contributed by atoms with van der Waals surface area (Å²) >= 11 is 0. The minimum absolute atomic E-state index is 0.125. The second kappa shape index (κ2) is 5.53. The summed E-state index contributed by atoms with van der Waals surface area (Å²) in [5.74, 6) is -1.77. The van der Waals surface area contributed by atoms with E-state index < -0.39 is 18.2 Å². The lowest BCUT2D eigenvalue weighted by atomic mass is 10.0. The van der Waals surface area contributed by atoms with Crippen molar-refractivity contribution in [3.63, 3.8) is 0 Å². The van der Waals surface area contributed by atoms with E-state index in [4.69, 9.17) is 15.9 Å². The largest absolute Gasteiger partial charge is 0.479 e. The molecular formula is C11H13NO5. The van der Waals surface area contributed by atoms with Crippen molar-refractivity contribution in [2.45, 2.75) is 12.2 Å². The van der Waals surface area contributed by atoms with Gasteiger partial charge in [0.1, 0.15) is 6.10 Å². The van der Waals surface area contributed by atoms with Crippen molar-refractivity contribution in [1.82, 2.24) is 0 Å². The smallest absolute Gasteiger partial charge is 0.335 e. The number of benzene rings is 1. The first kappa shape index (κ1) is 13.3. The molecule has 0 saturated carbocycles. The zero-order chi connectivity index (χ0) is 13.0. The summed E-state index contributed by atoms with van der Waals surface area (Å²) in [5, 5.41) is 27.2. The molecule has 17 heavy (non-hydrogen) atoms. The van der Waals surface area contributed by atoms with Crippen LogP contribution in [0.15, 0.2) is 24.3 Å². The fourth-order valence-electron chi connectivity index (χ4n) is 1.30. The number of carbonyl (C=O) groups excluding carboxylic acids is 1. The summed E-state index contributed by atoms with van der Waals surface area (Å²) in [5.41, 5.74) is 5.76. The summed E-state index contributed by atoms with van der Waals surface area (Å²) in [6, 6.07) is 5.59. The minimum atomic E-state index is -1.90. The predicted molar refractivity (Wildman–Crippen MR) is 58.4 cm³/mol. The van der Waals surface area contributed by atoms with E-state index in [9.17, 15) is 14.7 Å². The number of carboxylic acid groups (broad SMARTS) is 1. The van der Waals surface area contributed by atoms with E-state index in [-0.39, 0.29) is 17.9 Å². The molecule has 0 radical (unpaired) electrons. The van der Waals surface area contributed by atoms with Crippen LogP contribution in [0.2, 0.25) is 0 Å². The Bertz CT molecular complexity index is 414. The van der Waals surface area contributed by atoms with Crippen molar-refractivity contribution in [3.8, 4) is 0 Å². The lowest BCUT2D eigenvalue weighted by Gasteiger charge is -2.14. The van der Waals surface area contributed by atoms with Crippen LogP contribution in [0, 0.1) is 0 Å². The number of aliphatic hydroxyl groups excluding tert-OH is 2. The molecule has 1 aromatic carbocycles. The van der Waals surface area contributed by atoms with Crippen LogP contribution in [-0.2, 0) is 4.79 Å². The van der Waals surface area contributed by atoms with Crippen molar-refractivity contribution in [2.75, 3.05) is 6.54 Å². The Morgan fingerprint density at radius 2 is 1.71 bits per heavy atom. The number of rotatable bonds is 5. The zero-order valence-electron chi connectivity index (χ0n) is 8.91. The fourth-order valence-corrected chi connectivity index (χ4v) is 1.30. The van der Waals surface area contributed by atoms with Crippen LogP contribution < -0.4 is 5.73 Å². The molecule has 0 spiro atoms. The topological polar surface area (TPSA) is 121 Å². The van der Waals surface area contributed by atoms with Gasteiger partial charge in [0.25, 0.3) is 0 Å². The highest BCUT2D eigenvalue weighted by molar-refractivity contribution is 5.97. The van der Waals surface area contributed by atoms with Crippen LogP contribution in [0.1, 0.15) is 22.0 Å². The van der Waals surface area contributed by atoms with Gasteiger partial charge >= 0.3 is 5.97 Å². The van der Waals surface area contributed by atoms with Crippen LogP contribution in [0.5, 0.6) is 0 Å². The summed E-state index contributed by atoms with van der Waals surface area (Å²) in [7, 11) is 0. The van der Waals surface area contributed by atoms with Crippen LogP contribution in [0.25, 0.3) is 0 Å². The van der Waals surface area contributed by atoms with Gasteiger partial charge in [0.05, 0.1) is 6.54 Å². The zero-order valence-corrected chi connectivity index (χ0v) is 8.91. The van der Waals surface area contributed by atoms with E-state index >= 15 is 0 Å². The SMILES string of the molecule is NCC(=O)c1ccc(C(O)C(O)C(=O)O)cc1. The third kappa shape index (κ3) is 3.10. The summed E-state index contributed by atoms with van der Waals surface area (Å²) in [4.78, 5) is 21.7. The second-order valence-electron chi connectivity index (χ2n) is 3.48. The summed E-state index contributed by atoms with van der Waals surface area (Å²) < 4.78 is 0. The third-order valence-electron chi connectivity index (χ3n) is 2.31. The molecule has 0 amide bonds. The van der Waals surface area contributed by atoms with Crippen molar-refractivity contribution in [1.29, 1.82) is 0 Å². The Kier molecular flexibility index (Phi) is 4.33. The molecule has 0 aliphatic carbocycles. The standard InChI is InChI=1S/C11H13NO5/c12-5-8(13)6-1-3-7(4-2-6)9(14)10(15)11(16)17/h1-4,9-10,14-15H,5,12H2,(H,16,17). The van der Waals surface area contributed by atoms with Gasteiger partial charge in [-0.1, -0.05) is 24.3 Å².